The third-order valence-corrected chi connectivity index (χ3v) is 2.79. The standard InChI is InChI=1S/C16H17NO/c1-13(2)17(15-11-7-4-8-12-15)16(18)14-9-5-3-6-10-14/h3-13H,1-2H3. The maximum Gasteiger partial charge on any atom is 0.258 e. The van der Waals surface area contributed by atoms with E-state index in [0.717, 1.165) is 11.3 Å². The molecule has 2 heteroatoms. The van der Waals surface area contributed by atoms with Gasteiger partial charge in [-0.2, -0.15) is 0 Å². The third kappa shape index (κ3) is 2.59. The Kier molecular flexibility index (Phi) is 3.78. The number of benzene rings is 2. The maximum absolute atomic E-state index is 12.5. The normalized spacial score (nSPS) is 10.4. The highest BCUT2D eigenvalue weighted by atomic mass is 16.2. The summed E-state index contributed by atoms with van der Waals surface area (Å²) in [6, 6.07) is 19.3. The highest BCUT2D eigenvalue weighted by molar-refractivity contribution is 6.06. The van der Waals surface area contributed by atoms with Gasteiger partial charge in [0.05, 0.1) is 0 Å². The molecule has 0 fully saturated rings. The maximum atomic E-state index is 12.5. The molecule has 2 nitrogen and oxygen atoms in total. The van der Waals surface area contributed by atoms with Crippen molar-refractivity contribution in [2.75, 3.05) is 4.90 Å². The predicted molar refractivity (Wildman–Crippen MR) is 74.8 cm³/mol. The number of hydrogen-bond donors (Lipinski definition) is 0. The van der Waals surface area contributed by atoms with E-state index in [0.29, 0.717) is 0 Å². The van der Waals surface area contributed by atoms with Crippen LogP contribution in [0.4, 0.5) is 5.69 Å². The van der Waals surface area contributed by atoms with E-state index in [-0.39, 0.29) is 11.9 Å². The summed E-state index contributed by atoms with van der Waals surface area (Å²) in [4.78, 5) is 14.3. The number of carbonyl (C=O) groups is 1. The number of rotatable bonds is 3. The minimum atomic E-state index is 0.0387. The zero-order valence-electron chi connectivity index (χ0n) is 10.7. The summed E-state index contributed by atoms with van der Waals surface area (Å²) >= 11 is 0. The van der Waals surface area contributed by atoms with Crippen LogP contribution in [-0.4, -0.2) is 11.9 Å². The monoisotopic (exact) mass is 239 g/mol. The molecule has 0 aromatic heterocycles. The quantitative estimate of drug-likeness (QED) is 0.799. The fraction of sp³-hybridized carbons (Fsp3) is 0.188. The molecule has 2 aromatic rings. The average Bonchev–Trinajstić information content (AvgIpc) is 2.40. The summed E-state index contributed by atoms with van der Waals surface area (Å²) in [6.07, 6.45) is 0. The number of carbonyl (C=O) groups excluding carboxylic acids is 1. The van der Waals surface area contributed by atoms with Crippen LogP contribution in [0, 0.1) is 0 Å². The minimum absolute atomic E-state index is 0.0387. The van der Waals surface area contributed by atoms with Gasteiger partial charge in [0, 0.05) is 17.3 Å². The molecule has 0 bridgehead atoms. The molecule has 0 aliphatic rings. The number of para-hydroxylation sites is 1. The number of hydrogen-bond acceptors (Lipinski definition) is 1. The first-order chi connectivity index (χ1) is 8.70. The minimum Gasteiger partial charge on any atom is -0.306 e. The third-order valence-electron chi connectivity index (χ3n) is 2.79. The summed E-state index contributed by atoms with van der Waals surface area (Å²) in [5, 5.41) is 0. The van der Waals surface area contributed by atoms with Gasteiger partial charge in [0.15, 0.2) is 0 Å². The molecule has 1 amide bonds. The van der Waals surface area contributed by atoms with Crippen molar-refractivity contribution in [3.05, 3.63) is 66.2 Å². The Labute approximate surface area is 108 Å². The fourth-order valence-electron chi connectivity index (χ4n) is 1.96. The van der Waals surface area contributed by atoms with Crippen molar-refractivity contribution >= 4 is 11.6 Å². The lowest BCUT2D eigenvalue weighted by Crippen LogP contribution is -2.36. The van der Waals surface area contributed by atoms with Gasteiger partial charge in [0.1, 0.15) is 0 Å². The first-order valence-corrected chi connectivity index (χ1v) is 6.14. The van der Waals surface area contributed by atoms with Crippen LogP contribution in [0.2, 0.25) is 0 Å². The molecule has 0 aliphatic heterocycles. The Hall–Kier alpha value is -2.09. The lowest BCUT2D eigenvalue weighted by molar-refractivity contribution is 0.0980. The zero-order chi connectivity index (χ0) is 13.0. The zero-order valence-corrected chi connectivity index (χ0v) is 10.7. The molecule has 0 N–H and O–H groups in total. The SMILES string of the molecule is CC(C)N(C(=O)c1ccccc1)c1ccccc1. The molecule has 0 saturated carbocycles. The highest BCUT2D eigenvalue weighted by Crippen LogP contribution is 2.19. The van der Waals surface area contributed by atoms with Gasteiger partial charge in [-0.25, -0.2) is 0 Å². The molecule has 0 radical (unpaired) electrons. The van der Waals surface area contributed by atoms with Crippen molar-refractivity contribution < 1.29 is 4.79 Å². The van der Waals surface area contributed by atoms with E-state index in [1.807, 2.05) is 79.4 Å². The molecular formula is C16H17NO. The van der Waals surface area contributed by atoms with Gasteiger partial charge in [0.2, 0.25) is 0 Å². The van der Waals surface area contributed by atoms with Crippen LogP contribution in [0.3, 0.4) is 0 Å². The lowest BCUT2D eigenvalue weighted by Gasteiger charge is -2.27. The largest absolute Gasteiger partial charge is 0.306 e. The van der Waals surface area contributed by atoms with Crippen LogP contribution < -0.4 is 4.90 Å². The van der Waals surface area contributed by atoms with Crippen molar-refractivity contribution in [3.63, 3.8) is 0 Å². The van der Waals surface area contributed by atoms with Crippen LogP contribution in [0.5, 0.6) is 0 Å². The summed E-state index contributed by atoms with van der Waals surface area (Å²) in [5.41, 5.74) is 1.65. The van der Waals surface area contributed by atoms with E-state index >= 15 is 0 Å². The van der Waals surface area contributed by atoms with Crippen LogP contribution in [0.15, 0.2) is 60.7 Å². The summed E-state index contributed by atoms with van der Waals surface area (Å²) in [7, 11) is 0. The molecule has 0 spiro atoms. The second kappa shape index (κ2) is 5.50. The smallest absolute Gasteiger partial charge is 0.258 e. The number of nitrogens with zero attached hydrogens (tertiary/aromatic N) is 1. The number of anilines is 1. The second-order valence-corrected chi connectivity index (χ2v) is 4.47. The van der Waals surface area contributed by atoms with E-state index in [1.165, 1.54) is 0 Å². The van der Waals surface area contributed by atoms with Crippen LogP contribution in [0.25, 0.3) is 0 Å². The molecule has 0 saturated heterocycles. The molecule has 0 heterocycles. The van der Waals surface area contributed by atoms with Gasteiger partial charge >= 0.3 is 0 Å². The summed E-state index contributed by atoms with van der Waals surface area (Å²) in [5.74, 6) is 0.0387. The molecule has 2 aromatic carbocycles. The van der Waals surface area contributed by atoms with Crippen LogP contribution in [-0.2, 0) is 0 Å². The highest BCUT2D eigenvalue weighted by Gasteiger charge is 2.19. The lowest BCUT2D eigenvalue weighted by atomic mass is 10.1. The van der Waals surface area contributed by atoms with Gasteiger partial charge in [-0.05, 0) is 38.1 Å². The van der Waals surface area contributed by atoms with Gasteiger partial charge in [-0.3, -0.25) is 4.79 Å². The second-order valence-electron chi connectivity index (χ2n) is 4.47. The Morgan fingerprint density at radius 1 is 0.889 bits per heavy atom. The Morgan fingerprint density at radius 3 is 1.89 bits per heavy atom. The van der Waals surface area contributed by atoms with Crippen molar-refractivity contribution in [2.24, 2.45) is 0 Å². The molecule has 92 valence electrons. The van der Waals surface area contributed by atoms with E-state index < -0.39 is 0 Å². The molecule has 0 atom stereocenters. The topological polar surface area (TPSA) is 20.3 Å². The van der Waals surface area contributed by atoms with Gasteiger partial charge in [0.25, 0.3) is 5.91 Å². The molecule has 18 heavy (non-hydrogen) atoms. The Bertz CT molecular complexity index is 505. The van der Waals surface area contributed by atoms with E-state index in [4.69, 9.17) is 0 Å². The van der Waals surface area contributed by atoms with Crippen molar-refractivity contribution in [1.82, 2.24) is 0 Å². The number of amides is 1. The fourth-order valence-corrected chi connectivity index (χ4v) is 1.96. The summed E-state index contributed by atoms with van der Waals surface area (Å²) < 4.78 is 0. The average molecular weight is 239 g/mol. The van der Waals surface area contributed by atoms with Crippen LogP contribution in [0.1, 0.15) is 24.2 Å². The van der Waals surface area contributed by atoms with Crippen molar-refractivity contribution in [1.29, 1.82) is 0 Å². The molecule has 0 unspecified atom stereocenters. The van der Waals surface area contributed by atoms with Crippen LogP contribution >= 0.6 is 0 Å². The van der Waals surface area contributed by atoms with Gasteiger partial charge in [-0.15, -0.1) is 0 Å². The predicted octanol–water partition coefficient (Wildman–Crippen LogP) is 3.74. The van der Waals surface area contributed by atoms with Crippen molar-refractivity contribution in [3.8, 4) is 0 Å². The Morgan fingerprint density at radius 2 is 1.39 bits per heavy atom. The first kappa shape index (κ1) is 12.4. The van der Waals surface area contributed by atoms with E-state index in [1.54, 1.807) is 0 Å². The first-order valence-electron chi connectivity index (χ1n) is 6.14. The van der Waals surface area contributed by atoms with Crippen molar-refractivity contribution in [2.45, 2.75) is 19.9 Å². The van der Waals surface area contributed by atoms with Gasteiger partial charge < -0.3 is 4.90 Å². The summed E-state index contributed by atoms with van der Waals surface area (Å²) in [6.45, 7) is 4.04. The molecule has 0 aliphatic carbocycles. The van der Waals surface area contributed by atoms with E-state index in [9.17, 15) is 4.79 Å². The van der Waals surface area contributed by atoms with E-state index in [2.05, 4.69) is 0 Å². The molecular weight excluding hydrogens is 222 g/mol. The van der Waals surface area contributed by atoms with Gasteiger partial charge in [-0.1, -0.05) is 36.4 Å². The molecule has 2 rings (SSSR count). The Balaban J connectivity index is 2.35.